The molecular weight excluding hydrogens is 499 g/mol. The third kappa shape index (κ3) is 3.26. The van der Waals surface area contributed by atoms with Crippen molar-refractivity contribution >= 4 is 10.1 Å². The zero-order chi connectivity index (χ0) is 24.5. The van der Waals surface area contributed by atoms with Crippen molar-refractivity contribution in [2.75, 3.05) is 0 Å². The molecule has 0 aliphatic rings. The van der Waals surface area contributed by atoms with Gasteiger partial charge >= 0.3 is 57.1 Å². The van der Waals surface area contributed by atoms with Gasteiger partial charge in [-0.2, -0.15) is 74.3 Å². The topological polar surface area (TPSA) is 54.4 Å². The molecule has 0 aromatic rings. The minimum atomic E-state index is -9.06. The molecule has 0 radical (unpaired) electrons. The highest BCUT2D eigenvalue weighted by Gasteiger charge is 2.99. The molecule has 0 heterocycles. The largest absolute Gasteiger partial charge is 0.458 e. The Morgan fingerprint density at radius 3 is 0.897 bits per heavy atom. The first-order valence-corrected chi connectivity index (χ1v) is 7.12. The molecule has 0 amide bonds. The molecule has 0 aliphatic heterocycles. The summed E-state index contributed by atoms with van der Waals surface area (Å²) in [6.45, 7) is 0. The zero-order valence-electron chi connectivity index (χ0n) is 12.1. The van der Waals surface area contributed by atoms with Gasteiger partial charge in [-0.05, 0) is 0 Å². The molecule has 176 valence electrons. The highest BCUT2D eigenvalue weighted by Crippen LogP contribution is 2.65. The summed E-state index contributed by atoms with van der Waals surface area (Å²) in [6, 6.07) is 0. The summed E-state index contributed by atoms with van der Waals surface area (Å²) in [6.07, 6.45) is -24.7. The van der Waals surface area contributed by atoms with Gasteiger partial charge in [0.1, 0.15) is 0 Å². The van der Waals surface area contributed by atoms with E-state index in [1.807, 2.05) is 0 Å². The molecule has 21 heteroatoms. The Morgan fingerprint density at radius 1 is 0.448 bits per heavy atom. The molecule has 29 heavy (non-hydrogen) atoms. The van der Waals surface area contributed by atoms with Crippen LogP contribution in [0.2, 0.25) is 0 Å². The first-order valence-electron chi connectivity index (χ1n) is 5.68. The van der Waals surface area contributed by atoms with Gasteiger partial charge in [0.05, 0.1) is 0 Å². The van der Waals surface area contributed by atoms with Crippen LogP contribution in [0.3, 0.4) is 0 Å². The first kappa shape index (κ1) is 27.7. The summed E-state index contributed by atoms with van der Waals surface area (Å²) in [5.41, 5.74) is -8.78. The Hall–Kier alpha value is -1.28. The van der Waals surface area contributed by atoms with Crippen LogP contribution in [0, 0.1) is 0 Å². The van der Waals surface area contributed by atoms with Crippen molar-refractivity contribution in [3.63, 3.8) is 0 Å². The maximum absolute atomic E-state index is 13.7. The molecule has 0 bridgehead atoms. The lowest BCUT2D eigenvalue weighted by Gasteiger charge is -2.44. The van der Waals surface area contributed by atoms with E-state index in [1.165, 1.54) is 0 Å². The van der Waals surface area contributed by atoms with E-state index in [0.717, 1.165) is 0 Å². The van der Waals surface area contributed by atoms with E-state index in [0.29, 0.717) is 0 Å². The molecule has 0 saturated heterocycles. The van der Waals surface area contributed by atoms with Gasteiger partial charge < -0.3 is 0 Å². The summed E-state index contributed by atoms with van der Waals surface area (Å²) >= 11 is 0. The standard InChI is InChI=1S/C8HF17O3S/c9-1(6(17,18)19,7(20,21)22)2(10,11)3(12,13)5(16,29(26,27)28)4(14,15)8(23,24)25/h(H,26,27,28). The second kappa shape index (κ2) is 6.36. The summed E-state index contributed by atoms with van der Waals surface area (Å²) < 4.78 is 244. The Morgan fingerprint density at radius 2 is 0.724 bits per heavy atom. The minimum absolute atomic E-state index is 7.92. The van der Waals surface area contributed by atoms with Gasteiger partial charge in [-0.15, -0.1) is 0 Å². The Balaban J connectivity index is 7.55. The van der Waals surface area contributed by atoms with Crippen molar-refractivity contribution in [3.05, 3.63) is 0 Å². The molecule has 0 rings (SSSR count). The molecule has 0 aromatic carbocycles. The molecule has 3 nitrogen and oxygen atoms in total. The van der Waals surface area contributed by atoms with E-state index in [9.17, 15) is 83.1 Å². The average molecular weight is 500 g/mol. The van der Waals surface area contributed by atoms with Crippen molar-refractivity contribution in [2.45, 2.75) is 47.0 Å². The van der Waals surface area contributed by atoms with Crippen LogP contribution in [-0.2, 0) is 10.1 Å². The fourth-order valence-corrected chi connectivity index (χ4v) is 2.53. The second-order valence-corrected chi connectivity index (χ2v) is 6.46. The second-order valence-electron chi connectivity index (χ2n) is 4.95. The molecule has 1 atom stereocenters. The Labute approximate surface area is 146 Å². The van der Waals surface area contributed by atoms with Gasteiger partial charge in [0, 0.05) is 0 Å². The third-order valence-corrected chi connectivity index (χ3v) is 4.35. The van der Waals surface area contributed by atoms with E-state index in [-0.39, 0.29) is 0 Å². The van der Waals surface area contributed by atoms with Gasteiger partial charge in [-0.1, -0.05) is 0 Å². The number of hydrogen-bond donors (Lipinski definition) is 1. The van der Waals surface area contributed by atoms with Crippen molar-refractivity contribution in [3.8, 4) is 0 Å². The summed E-state index contributed by atoms with van der Waals surface area (Å²) in [5.74, 6) is -26.6. The van der Waals surface area contributed by atoms with E-state index in [1.54, 1.807) is 0 Å². The van der Waals surface area contributed by atoms with Gasteiger partial charge in [0.15, 0.2) is 0 Å². The molecule has 0 aromatic heterocycles. The summed E-state index contributed by atoms with van der Waals surface area (Å²) in [7, 11) is -8.67. The van der Waals surface area contributed by atoms with Crippen molar-refractivity contribution < 1.29 is 87.6 Å². The lowest BCUT2D eigenvalue weighted by atomic mass is 9.86. The maximum Gasteiger partial charge on any atom is 0.458 e. The van der Waals surface area contributed by atoms with Crippen LogP contribution >= 0.6 is 0 Å². The fraction of sp³-hybridized carbons (Fsp3) is 1.00. The van der Waals surface area contributed by atoms with Gasteiger partial charge in [-0.3, -0.25) is 4.55 Å². The van der Waals surface area contributed by atoms with Crippen LogP contribution in [-0.4, -0.2) is 59.9 Å². The average Bonchev–Trinajstić information content (AvgIpc) is 2.39. The monoisotopic (exact) mass is 500 g/mol. The highest BCUT2D eigenvalue weighted by molar-refractivity contribution is 7.87. The van der Waals surface area contributed by atoms with Crippen LogP contribution in [0.5, 0.6) is 0 Å². The summed E-state index contributed by atoms with van der Waals surface area (Å²) in [4.78, 5) is 0. The number of hydrogen-bond acceptors (Lipinski definition) is 2. The van der Waals surface area contributed by atoms with Gasteiger partial charge in [0.25, 0.3) is 0 Å². The first-order chi connectivity index (χ1) is 12.0. The predicted octanol–water partition coefficient (Wildman–Crippen LogP) is 4.84. The minimum Gasteiger partial charge on any atom is -0.283 e. The molecule has 1 N–H and O–H groups in total. The fourth-order valence-electron chi connectivity index (χ4n) is 1.64. The molecule has 1 unspecified atom stereocenters. The van der Waals surface area contributed by atoms with Crippen LogP contribution in [0.25, 0.3) is 0 Å². The summed E-state index contributed by atoms with van der Waals surface area (Å²) in [5, 5.41) is -8.66. The Kier molecular flexibility index (Phi) is 6.08. The van der Waals surface area contributed by atoms with E-state index in [4.69, 9.17) is 4.55 Å². The van der Waals surface area contributed by atoms with Crippen LogP contribution in [0.4, 0.5) is 74.6 Å². The molecule has 0 fully saturated rings. The van der Waals surface area contributed by atoms with Crippen LogP contribution in [0.1, 0.15) is 0 Å². The lowest BCUT2D eigenvalue weighted by molar-refractivity contribution is -0.446. The SMILES string of the molecule is O=S(=O)(O)C(F)(C(F)(F)C(F)(F)F)C(F)(F)C(F)(F)C(F)(C(F)(F)F)C(F)(F)F. The normalized spacial score (nSPS) is 18.6. The van der Waals surface area contributed by atoms with Crippen LogP contribution in [0.15, 0.2) is 0 Å². The zero-order valence-corrected chi connectivity index (χ0v) is 12.9. The number of rotatable bonds is 5. The van der Waals surface area contributed by atoms with E-state index >= 15 is 0 Å². The van der Waals surface area contributed by atoms with Crippen molar-refractivity contribution in [1.29, 1.82) is 0 Å². The number of alkyl halides is 17. The molecule has 0 saturated carbocycles. The molecule has 0 aliphatic carbocycles. The predicted molar refractivity (Wildman–Crippen MR) is 52.2 cm³/mol. The van der Waals surface area contributed by atoms with Crippen molar-refractivity contribution in [2.24, 2.45) is 0 Å². The van der Waals surface area contributed by atoms with E-state index in [2.05, 4.69) is 0 Å². The van der Waals surface area contributed by atoms with Gasteiger partial charge in [0.2, 0.25) is 0 Å². The van der Waals surface area contributed by atoms with Gasteiger partial charge in [-0.25, -0.2) is 8.78 Å². The van der Waals surface area contributed by atoms with Crippen molar-refractivity contribution in [1.82, 2.24) is 0 Å². The third-order valence-electron chi connectivity index (χ3n) is 3.13. The molecule has 0 spiro atoms. The smallest absolute Gasteiger partial charge is 0.283 e. The Bertz CT molecular complexity index is 713. The quantitative estimate of drug-likeness (QED) is 0.435. The lowest BCUT2D eigenvalue weighted by Crippen LogP contribution is -2.79. The van der Waals surface area contributed by atoms with E-state index < -0.39 is 57.1 Å². The number of halogens is 17. The molecular formula is C8HF17O3S. The highest BCUT2D eigenvalue weighted by atomic mass is 32.2. The maximum atomic E-state index is 13.7. The van der Waals surface area contributed by atoms with Crippen LogP contribution < -0.4 is 0 Å².